The molecular formula is C26H31Cl2N6OP. The van der Waals surface area contributed by atoms with E-state index < -0.39 is 7.14 Å². The Hall–Kier alpha value is -2.31. The summed E-state index contributed by atoms with van der Waals surface area (Å²) in [6, 6.07) is 13.7. The minimum Gasteiger partial charge on any atom is -0.369 e. The van der Waals surface area contributed by atoms with E-state index >= 15 is 0 Å². The molecule has 2 fully saturated rings. The van der Waals surface area contributed by atoms with E-state index in [1.54, 1.807) is 13.3 Å². The first kappa shape index (κ1) is 25.3. The number of nitrogens with zero attached hydrogens (tertiary/aromatic N) is 3. The molecular weight excluding hydrogens is 514 g/mol. The molecule has 1 saturated heterocycles. The fourth-order valence-corrected chi connectivity index (χ4v) is 6.76. The minimum atomic E-state index is -2.49. The minimum absolute atomic E-state index is 0.360. The Bertz CT molecular complexity index is 1310. The van der Waals surface area contributed by atoms with E-state index in [0.717, 1.165) is 42.6 Å². The van der Waals surface area contributed by atoms with Crippen molar-refractivity contribution in [2.75, 3.05) is 42.0 Å². The van der Waals surface area contributed by atoms with Gasteiger partial charge in [-0.25, -0.2) is 4.98 Å². The molecule has 0 radical (unpaired) electrons. The molecule has 1 spiro atoms. The molecule has 0 unspecified atom stereocenters. The Balaban J connectivity index is 1.29. The number of hydrogen-bond donors (Lipinski definition) is 3. The number of nitrogens with one attached hydrogen (secondary N) is 2. The molecule has 5 rings (SSSR count). The van der Waals surface area contributed by atoms with Crippen LogP contribution in [-0.4, -0.2) is 42.4 Å². The summed E-state index contributed by atoms with van der Waals surface area (Å²) in [6.07, 6.45) is 6.16. The number of para-hydroxylation sites is 1. The second-order valence-electron chi connectivity index (χ2n) is 10.4. The van der Waals surface area contributed by atoms with Gasteiger partial charge in [-0.05, 0) is 69.3 Å². The normalized spacial score (nSPS) is 17.6. The third-order valence-corrected chi connectivity index (χ3v) is 9.30. The van der Waals surface area contributed by atoms with Crippen molar-refractivity contribution in [3.8, 4) is 0 Å². The fraction of sp³-hybridized carbons (Fsp3) is 0.385. The summed E-state index contributed by atoms with van der Waals surface area (Å²) in [5, 5.41) is 8.22. The van der Waals surface area contributed by atoms with Gasteiger partial charge in [0.2, 0.25) is 5.95 Å². The van der Waals surface area contributed by atoms with Crippen LogP contribution in [0.4, 0.5) is 28.8 Å². The maximum atomic E-state index is 12.7. The van der Waals surface area contributed by atoms with Crippen LogP contribution < -0.4 is 26.6 Å². The van der Waals surface area contributed by atoms with Crippen molar-refractivity contribution in [1.29, 1.82) is 0 Å². The summed E-state index contributed by atoms with van der Waals surface area (Å²) in [7, 11) is -2.49. The molecule has 0 atom stereocenters. The van der Waals surface area contributed by atoms with Crippen LogP contribution in [0.5, 0.6) is 0 Å². The van der Waals surface area contributed by atoms with E-state index in [2.05, 4.69) is 25.5 Å². The van der Waals surface area contributed by atoms with Gasteiger partial charge in [0.1, 0.15) is 12.2 Å². The molecule has 1 saturated carbocycles. The molecule has 4 N–H and O–H groups in total. The largest absolute Gasteiger partial charge is 0.369 e. The zero-order valence-electron chi connectivity index (χ0n) is 20.5. The molecule has 10 heteroatoms. The highest BCUT2D eigenvalue weighted by Crippen LogP contribution is 2.47. The lowest BCUT2D eigenvalue weighted by Crippen LogP contribution is -2.58. The first-order valence-electron chi connectivity index (χ1n) is 12.1. The van der Waals surface area contributed by atoms with Gasteiger partial charge in [0.25, 0.3) is 0 Å². The maximum absolute atomic E-state index is 12.7. The number of nitrogens with two attached hydrogens (primary N) is 1. The Morgan fingerprint density at radius 1 is 1.06 bits per heavy atom. The average molecular weight is 545 g/mol. The second-order valence-corrected chi connectivity index (χ2v) is 14.4. The SMILES string of the molecule is CP(C)(=O)c1ccccc1Nc1nc(Nc2ccc(N3CC4(CCC(N)CC4)C3)c(Cl)c2)ncc1Cl. The van der Waals surface area contributed by atoms with Gasteiger partial charge in [-0.2, -0.15) is 4.98 Å². The van der Waals surface area contributed by atoms with Crippen LogP contribution in [0.1, 0.15) is 25.7 Å². The molecule has 1 aliphatic carbocycles. The smallest absolute Gasteiger partial charge is 0.229 e. The predicted octanol–water partition coefficient (Wildman–Crippen LogP) is 6.23. The summed E-state index contributed by atoms with van der Waals surface area (Å²) in [4.78, 5) is 11.2. The molecule has 2 aromatic carbocycles. The predicted molar refractivity (Wildman–Crippen MR) is 152 cm³/mol. The lowest BCUT2D eigenvalue weighted by atomic mass is 9.67. The number of hydrogen-bond acceptors (Lipinski definition) is 7. The highest BCUT2D eigenvalue weighted by atomic mass is 35.5. The van der Waals surface area contributed by atoms with Crippen LogP contribution in [0.25, 0.3) is 0 Å². The van der Waals surface area contributed by atoms with E-state index in [1.807, 2.05) is 42.5 Å². The van der Waals surface area contributed by atoms with Gasteiger partial charge >= 0.3 is 0 Å². The summed E-state index contributed by atoms with van der Waals surface area (Å²) in [5.41, 5.74) is 9.02. The van der Waals surface area contributed by atoms with Crippen LogP contribution in [0.3, 0.4) is 0 Å². The topological polar surface area (TPSA) is 96.2 Å². The Morgan fingerprint density at radius 2 is 1.78 bits per heavy atom. The van der Waals surface area contributed by atoms with E-state index in [1.165, 1.54) is 19.0 Å². The molecule has 2 aliphatic rings. The number of aromatic nitrogens is 2. The third-order valence-electron chi connectivity index (χ3n) is 7.17. The van der Waals surface area contributed by atoms with Gasteiger partial charge in [-0.3, -0.25) is 0 Å². The highest BCUT2D eigenvalue weighted by Gasteiger charge is 2.45. The van der Waals surface area contributed by atoms with Crippen LogP contribution in [0.2, 0.25) is 10.0 Å². The summed E-state index contributed by atoms with van der Waals surface area (Å²) in [6.45, 7) is 5.54. The van der Waals surface area contributed by atoms with Gasteiger partial charge < -0.3 is 25.8 Å². The van der Waals surface area contributed by atoms with E-state index in [0.29, 0.717) is 39.0 Å². The number of halogens is 2. The standard InChI is InChI=1S/C26H31Cl2N6OP/c1-36(2,35)23-6-4-3-5-21(23)32-24-20(28)14-30-25(33-24)31-18-7-8-22(19(27)13-18)34-15-26(16-34)11-9-17(29)10-12-26/h3-8,13-14,17H,9-12,15-16,29H2,1-2H3,(H2,30,31,32,33). The number of rotatable bonds is 6. The Kier molecular flexibility index (Phi) is 6.94. The molecule has 7 nitrogen and oxygen atoms in total. The quantitative estimate of drug-likeness (QED) is 0.316. The maximum Gasteiger partial charge on any atom is 0.229 e. The average Bonchev–Trinajstić information content (AvgIpc) is 2.81. The Labute approximate surface area is 222 Å². The van der Waals surface area contributed by atoms with Crippen molar-refractivity contribution in [2.24, 2.45) is 11.1 Å². The molecule has 0 bridgehead atoms. The second kappa shape index (κ2) is 9.86. The molecule has 0 amide bonds. The van der Waals surface area contributed by atoms with Gasteiger partial charge in [-0.1, -0.05) is 35.3 Å². The van der Waals surface area contributed by atoms with Crippen molar-refractivity contribution >= 4 is 64.5 Å². The summed E-state index contributed by atoms with van der Waals surface area (Å²) >= 11 is 13.0. The number of anilines is 5. The lowest BCUT2D eigenvalue weighted by molar-refractivity contribution is 0.129. The first-order chi connectivity index (χ1) is 17.1. The van der Waals surface area contributed by atoms with Crippen molar-refractivity contribution in [1.82, 2.24) is 9.97 Å². The Morgan fingerprint density at radius 3 is 2.47 bits per heavy atom. The van der Waals surface area contributed by atoms with Crippen LogP contribution in [0.15, 0.2) is 48.7 Å². The molecule has 2 heterocycles. The third kappa shape index (κ3) is 5.35. The van der Waals surface area contributed by atoms with Crippen molar-refractivity contribution in [2.45, 2.75) is 31.7 Å². The van der Waals surface area contributed by atoms with Crippen LogP contribution >= 0.6 is 30.3 Å². The zero-order valence-corrected chi connectivity index (χ0v) is 22.9. The van der Waals surface area contributed by atoms with E-state index in [9.17, 15) is 4.57 Å². The molecule has 1 aliphatic heterocycles. The zero-order chi connectivity index (χ0) is 25.5. The molecule has 1 aromatic heterocycles. The molecule has 3 aromatic rings. The lowest BCUT2D eigenvalue weighted by Gasteiger charge is -2.54. The number of benzene rings is 2. The van der Waals surface area contributed by atoms with E-state index in [-0.39, 0.29) is 0 Å². The summed E-state index contributed by atoms with van der Waals surface area (Å²) in [5.74, 6) is 0.802. The molecule has 190 valence electrons. The highest BCUT2D eigenvalue weighted by molar-refractivity contribution is 7.70. The van der Waals surface area contributed by atoms with Crippen LogP contribution in [-0.2, 0) is 4.57 Å². The fourth-order valence-electron chi connectivity index (χ4n) is 5.16. The van der Waals surface area contributed by atoms with Gasteiger partial charge in [0.05, 0.1) is 22.6 Å². The van der Waals surface area contributed by atoms with Crippen molar-refractivity contribution in [3.05, 3.63) is 58.7 Å². The van der Waals surface area contributed by atoms with Crippen molar-refractivity contribution < 1.29 is 4.57 Å². The van der Waals surface area contributed by atoms with Gasteiger partial charge in [-0.15, -0.1) is 0 Å². The van der Waals surface area contributed by atoms with Crippen LogP contribution in [0, 0.1) is 5.41 Å². The van der Waals surface area contributed by atoms with E-state index in [4.69, 9.17) is 28.9 Å². The summed E-state index contributed by atoms with van der Waals surface area (Å²) < 4.78 is 12.7. The molecule has 36 heavy (non-hydrogen) atoms. The monoisotopic (exact) mass is 544 g/mol. The van der Waals surface area contributed by atoms with Crippen molar-refractivity contribution in [3.63, 3.8) is 0 Å². The van der Waals surface area contributed by atoms with Gasteiger partial charge in [0.15, 0.2) is 5.82 Å². The van der Waals surface area contributed by atoms with Gasteiger partial charge in [0, 0.05) is 35.5 Å². The first-order valence-corrected chi connectivity index (χ1v) is 15.5.